The van der Waals surface area contributed by atoms with Crippen molar-refractivity contribution in [3.8, 4) is 0 Å². The number of amides is 2. The molecule has 0 saturated carbocycles. The van der Waals surface area contributed by atoms with E-state index in [1.165, 1.54) is 0 Å². The Bertz CT molecular complexity index is 389. The van der Waals surface area contributed by atoms with Gasteiger partial charge in [-0.2, -0.15) is 0 Å². The molecule has 0 aliphatic carbocycles. The molecule has 1 heterocycles. The van der Waals surface area contributed by atoms with Gasteiger partial charge in [0, 0.05) is 12.2 Å². The predicted octanol–water partition coefficient (Wildman–Crippen LogP) is 1.15. The summed E-state index contributed by atoms with van der Waals surface area (Å²) >= 11 is 0. The van der Waals surface area contributed by atoms with E-state index in [0.29, 0.717) is 13.0 Å². The Labute approximate surface area is 94.0 Å². The Kier molecular flexibility index (Phi) is 3.19. The Morgan fingerprint density at radius 2 is 2.06 bits per heavy atom. The minimum atomic E-state index is -0.547. The van der Waals surface area contributed by atoms with Crippen LogP contribution in [0.1, 0.15) is 12.8 Å². The van der Waals surface area contributed by atoms with Gasteiger partial charge in [0.15, 0.2) is 0 Å². The number of anilines is 1. The topological polar surface area (TPSA) is 58.2 Å². The van der Waals surface area contributed by atoms with Gasteiger partial charge in [-0.15, -0.1) is 0 Å². The molecule has 4 heteroatoms. The monoisotopic (exact) mass is 218 g/mol. The maximum absolute atomic E-state index is 11.8. The number of hydrogen-bond donors (Lipinski definition) is 2. The Hall–Kier alpha value is -1.84. The molecular weight excluding hydrogens is 204 g/mol. The normalized spacial score (nSPS) is 20.0. The standard InChI is InChI=1S/C12H14N2O2/c15-11-10(7-4-8-13-11)12(16)14-9-5-2-1-3-6-9/h1-3,5-6,10H,4,7-8H2,(H,13,15)(H,14,16). The maximum atomic E-state index is 11.8. The first-order valence-corrected chi connectivity index (χ1v) is 5.41. The smallest absolute Gasteiger partial charge is 0.236 e. The van der Waals surface area contributed by atoms with Crippen molar-refractivity contribution in [1.29, 1.82) is 0 Å². The summed E-state index contributed by atoms with van der Waals surface area (Å²) in [5.41, 5.74) is 0.728. The molecule has 1 unspecified atom stereocenters. The van der Waals surface area contributed by atoms with E-state index >= 15 is 0 Å². The van der Waals surface area contributed by atoms with Crippen molar-refractivity contribution < 1.29 is 9.59 Å². The summed E-state index contributed by atoms with van der Waals surface area (Å²) in [6.45, 7) is 0.675. The predicted molar refractivity (Wildman–Crippen MR) is 60.8 cm³/mol. The van der Waals surface area contributed by atoms with Crippen LogP contribution in [0, 0.1) is 5.92 Å². The molecule has 1 aromatic rings. The molecule has 0 aromatic heterocycles. The highest BCUT2D eigenvalue weighted by molar-refractivity contribution is 6.06. The quantitative estimate of drug-likeness (QED) is 0.732. The maximum Gasteiger partial charge on any atom is 0.236 e. The number of carbonyl (C=O) groups excluding carboxylic acids is 2. The van der Waals surface area contributed by atoms with Crippen LogP contribution >= 0.6 is 0 Å². The summed E-state index contributed by atoms with van der Waals surface area (Å²) < 4.78 is 0. The molecule has 1 aliphatic rings. The van der Waals surface area contributed by atoms with Crippen LogP contribution in [0.2, 0.25) is 0 Å². The van der Waals surface area contributed by atoms with Gasteiger partial charge in [-0.3, -0.25) is 9.59 Å². The number of carbonyl (C=O) groups is 2. The van der Waals surface area contributed by atoms with Gasteiger partial charge in [0.25, 0.3) is 0 Å². The zero-order valence-electron chi connectivity index (χ0n) is 8.90. The second-order valence-electron chi connectivity index (χ2n) is 3.84. The average molecular weight is 218 g/mol. The van der Waals surface area contributed by atoms with Crippen LogP contribution in [-0.2, 0) is 9.59 Å². The molecule has 0 radical (unpaired) electrons. The van der Waals surface area contributed by atoms with Gasteiger partial charge in [0.05, 0.1) is 0 Å². The lowest BCUT2D eigenvalue weighted by molar-refractivity contribution is -0.134. The molecule has 84 valence electrons. The summed E-state index contributed by atoms with van der Waals surface area (Å²) in [6, 6.07) is 9.17. The first-order chi connectivity index (χ1) is 7.77. The van der Waals surface area contributed by atoms with Gasteiger partial charge in [0.1, 0.15) is 5.92 Å². The molecule has 1 fully saturated rings. The van der Waals surface area contributed by atoms with Crippen LogP contribution in [0.4, 0.5) is 5.69 Å². The molecule has 1 saturated heterocycles. The lowest BCUT2D eigenvalue weighted by atomic mass is 9.98. The van der Waals surface area contributed by atoms with E-state index in [4.69, 9.17) is 0 Å². The molecule has 2 N–H and O–H groups in total. The fraction of sp³-hybridized carbons (Fsp3) is 0.333. The minimum absolute atomic E-state index is 0.167. The molecule has 1 aromatic carbocycles. The summed E-state index contributed by atoms with van der Waals surface area (Å²) in [7, 11) is 0. The molecular formula is C12H14N2O2. The van der Waals surface area contributed by atoms with E-state index in [1.807, 2.05) is 18.2 Å². The lowest BCUT2D eigenvalue weighted by Gasteiger charge is -2.20. The highest BCUT2D eigenvalue weighted by Crippen LogP contribution is 2.14. The van der Waals surface area contributed by atoms with E-state index < -0.39 is 5.92 Å². The number of nitrogens with one attached hydrogen (secondary N) is 2. The molecule has 2 rings (SSSR count). The molecule has 1 aliphatic heterocycles. The van der Waals surface area contributed by atoms with Crippen molar-refractivity contribution in [2.75, 3.05) is 11.9 Å². The van der Waals surface area contributed by atoms with Crippen molar-refractivity contribution in [1.82, 2.24) is 5.32 Å². The van der Waals surface area contributed by atoms with Crippen LogP contribution in [-0.4, -0.2) is 18.4 Å². The summed E-state index contributed by atoms with van der Waals surface area (Å²) in [4.78, 5) is 23.3. The molecule has 1 atom stereocenters. The van der Waals surface area contributed by atoms with Crippen LogP contribution in [0.3, 0.4) is 0 Å². The van der Waals surface area contributed by atoms with Gasteiger partial charge in [0.2, 0.25) is 11.8 Å². The summed E-state index contributed by atoms with van der Waals surface area (Å²) in [6.07, 6.45) is 1.49. The largest absolute Gasteiger partial charge is 0.355 e. The first-order valence-electron chi connectivity index (χ1n) is 5.41. The second kappa shape index (κ2) is 4.79. The van der Waals surface area contributed by atoms with Crippen molar-refractivity contribution >= 4 is 17.5 Å². The molecule has 0 spiro atoms. The van der Waals surface area contributed by atoms with Crippen LogP contribution < -0.4 is 10.6 Å². The number of benzene rings is 1. The average Bonchev–Trinajstić information content (AvgIpc) is 2.31. The number of rotatable bonds is 2. The minimum Gasteiger partial charge on any atom is -0.355 e. The van der Waals surface area contributed by atoms with Gasteiger partial charge in [-0.1, -0.05) is 18.2 Å². The fourth-order valence-electron chi connectivity index (χ4n) is 1.77. The molecule has 16 heavy (non-hydrogen) atoms. The zero-order chi connectivity index (χ0) is 11.4. The zero-order valence-corrected chi connectivity index (χ0v) is 8.90. The highest BCUT2D eigenvalue weighted by atomic mass is 16.2. The Morgan fingerprint density at radius 3 is 2.75 bits per heavy atom. The lowest BCUT2D eigenvalue weighted by Crippen LogP contribution is -2.42. The van der Waals surface area contributed by atoms with Crippen LogP contribution in [0.15, 0.2) is 30.3 Å². The van der Waals surface area contributed by atoms with E-state index in [2.05, 4.69) is 10.6 Å². The third-order valence-corrected chi connectivity index (χ3v) is 2.64. The van der Waals surface area contributed by atoms with Gasteiger partial charge < -0.3 is 10.6 Å². The Morgan fingerprint density at radius 1 is 1.31 bits per heavy atom. The van der Waals surface area contributed by atoms with E-state index in [-0.39, 0.29) is 11.8 Å². The van der Waals surface area contributed by atoms with Crippen molar-refractivity contribution in [3.63, 3.8) is 0 Å². The summed E-state index contributed by atoms with van der Waals surface area (Å²) in [5.74, 6) is -0.933. The molecule has 4 nitrogen and oxygen atoms in total. The van der Waals surface area contributed by atoms with E-state index in [0.717, 1.165) is 12.1 Å². The number of piperidine rings is 1. The van der Waals surface area contributed by atoms with E-state index in [1.54, 1.807) is 12.1 Å². The first kappa shape index (κ1) is 10.7. The summed E-state index contributed by atoms with van der Waals surface area (Å²) in [5, 5.41) is 5.44. The second-order valence-corrected chi connectivity index (χ2v) is 3.84. The van der Waals surface area contributed by atoms with E-state index in [9.17, 15) is 9.59 Å². The van der Waals surface area contributed by atoms with Gasteiger partial charge in [-0.05, 0) is 25.0 Å². The number of hydrogen-bond acceptors (Lipinski definition) is 2. The van der Waals surface area contributed by atoms with Gasteiger partial charge >= 0.3 is 0 Å². The Balaban J connectivity index is 2.00. The third-order valence-electron chi connectivity index (χ3n) is 2.64. The fourth-order valence-corrected chi connectivity index (χ4v) is 1.77. The van der Waals surface area contributed by atoms with Crippen LogP contribution in [0.25, 0.3) is 0 Å². The highest BCUT2D eigenvalue weighted by Gasteiger charge is 2.28. The third kappa shape index (κ3) is 2.39. The van der Waals surface area contributed by atoms with Crippen molar-refractivity contribution in [2.45, 2.75) is 12.8 Å². The SMILES string of the molecule is O=C1NCCCC1C(=O)Nc1ccccc1. The van der Waals surface area contributed by atoms with Crippen molar-refractivity contribution in [3.05, 3.63) is 30.3 Å². The van der Waals surface area contributed by atoms with Crippen LogP contribution in [0.5, 0.6) is 0 Å². The van der Waals surface area contributed by atoms with Gasteiger partial charge in [-0.25, -0.2) is 0 Å². The number of para-hydroxylation sites is 1. The molecule has 2 amide bonds. The molecule has 0 bridgehead atoms. The van der Waals surface area contributed by atoms with Crippen molar-refractivity contribution in [2.24, 2.45) is 5.92 Å².